The number of aliphatic hydroxyl groups is 2. The number of ether oxygens (including phenoxy) is 2. The lowest BCUT2D eigenvalue weighted by Crippen LogP contribution is -2.30. The molecule has 0 amide bonds. The van der Waals surface area contributed by atoms with E-state index in [1.807, 2.05) is 13.0 Å². The first-order chi connectivity index (χ1) is 20.5. The maximum Gasteiger partial charge on any atom is 0.334 e. The van der Waals surface area contributed by atoms with Crippen molar-refractivity contribution in [1.29, 1.82) is 0 Å². The van der Waals surface area contributed by atoms with Crippen molar-refractivity contribution in [1.82, 2.24) is 0 Å². The Hall–Kier alpha value is -1.17. The molecular weight excluding hydrogens is 524 g/mol. The number of carbonyl (C=O) groups is 1. The van der Waals surface area contributed by atoms with Gasteiger partial charge in [-0.3, -0.25) is 0 Å². The molecule has 2 rings (SSSR count). The second-order valence-electron chi connectivity index (χ2n) is 13.1. The summed E-state index contributed by atoms with van der Waals surface area (Å²) >= 11 is 0. The van der Waals surface area contributed by atoms with Gasteiger partial charge < -0.3 is 19.7 Å². The van der Waals surface area contributed by atoms with Gasteiger partial charge in [0, 0.05) is 5.57 Å². The molecule has 0 aromatic rings. The molecule has 244 valence electrons. The summed E-state index contributed by atoms with van der Waals surface area (Å²) in [6.07, 6.45) is 34.5. The highest BCUT2D eigenvalue weighted by atomic mass is 16.5. The lowest BCUT2D eigenvalue weighted by atomic mass is 10.0. The van der Waals surface area contributed by atoms with Crippen LogP contribution in [0.25, 0.3) is 0 Å². The van der Waals surface area contributed by atoms with Crippen LogP contribution >= 0.6 is 0 Å². The molecule has 0 aliphatic carbocycles. The molecule has 5 nitrogen and oxygen atoms in total. The SMILES string of the molecule is CCCCCCCCCC/C=C\CC[C@@H](O)[C@@H]1CC[C@H]([C@H](O)CCCCCCCCCCCCC2=C[C@@H](C)OC2=O)O1. The molecular formula is C37H66O5. The number of cyclic esters (lactones) is 1. The van der Waals surface area contributed by atoms with Crippen LogP contribution in [-0.4, -0.2) is 46.7 Å². The number of rotatable bonds is 27. The van der Waals surface area contributed by atoms with E-state index in [9.17, 15) is 15.0 Å². The van der Waals surface area contributed by atoms with Crippen molar-refractivity contribution in [2.45, 2.75) is 205 Å². The number of aliphatic hydroxyl groups excluding tert-OH is 2. The minimum atomic E-state index is -0.428. The Bertz CT molecular complexity index is 732. The standard InChI is InChI=1S/C37H66O5/c1-3-4-5-6-7-8-9-10-14-17-20-23-26-33(38)35-28-29-36(42-35)34(39)27-24-21-18-15-12-11-13-16-19-22-25-32-30-31(2)41-37(32)40/h17,20,30-31,33-36,38-39H,3-16,18-19,21-29H2,1-2H3/b20-17-/t31-,33-,34-,35+,36-/m1/s1. The zero-order valence-electron chi connectivity index (χ0n) is 27.4. The Balaban J connectivity index is 1.36. The van der Waals surface area contributed by atoms with Crippen molar-refractivity contribution in [3.8, 4) is 0 Å². The van der Waals surface area contributed by atoms with Crippen LogP contribution in [0.5, 0.6) is 0 Å². The maximum atomic E-state index is 11.6. The molecule has 0 aromatic heterocycles. The molecule has 1 fully saturated rings. The fraction of sp³-hybridized carbons (Fsp3) is 0.865. The molecule has 0 spiro atoms. The van der Waals surface area contributed by atoms with Gasteiger partial charge in [-0.15, -0.1) is 0 Å². The summed E-state index contributed by atoms with van der Waals surface area (Å²) in [7, 11) is 0. The molecule has 42 heavy (non-hydrogen) atoms. The van der Waals surface area contributed by atoms with E-state index in [-0.39, 0.29) is 24.3 Å². The lowest BCUT2D eigenvalue weighted by molar-refractivity contribution is -0.139. The van der Waals surface area contributed by atoms with E-state index < -0.39 is 12.2 Å². The average molecular weight is 591 g/mol. The summed E-state index contributed by atoms with van der Waals surface area (Å²) in [4.78, 5) is 11.6. The molecule has 0 saturated carbocycles. The smallest absolute Gasteiger partial charge is 0.334 e. The van der Waals surface area contributed by atoms with Gasteiger partial charge in [-0.25, -0.2) is 4.79 Å². The first-order valence-electron chi connectivity index (χ1n) is 18.1. The van der Waals surface area contributed by atoms with Gasteiger partial charge in [0.15, 0.2) is 0 Å². The third kappa shape index (κ3) is 17.2. The molecule has 5 atom stereocenters. The number of hydrogen-bond acceptors (Lipinski definition) is 5. The molecule has 2 N–H and O–H groups in total. The van der Waals surface area contributed by atoms with Crippen molar-refractivity contribution in [2.75, 3.05) is 0 Å². The van der Waals surface area contributed by atoms with Crippen LogP contribution in [0.3, 0.4) is 0 Å². The van der Waals surface area contributed by atoms with E-state index >= 15 is 0 Å². The molecule has 2 aliphatic heterocycles. The Morgan fingerprint density at radius 1 is 0.714 bits per heavy atom. The van der Waals surface area contributed by atoms with Crippen LogP contribution in [0.2, 0.25) is 0 Å². The normalized spacial score (nSPS) is 22.1. The van der Waals surface area contributed by atoms with Crippen molar-refractivity contribution in [3.63, 3.8) is 0 Å². The fourth-order valence-electron chi connectivity index (χ4n) is 6.42. The van der Waals surface area contributed by atoms with Crippen LogP contribution in [0, 0.1) is 0 Å². The van der Waals surface area contributed by atoms with E-state index in [4.69, 9.17) is 9.47 Å². The zero-order valence-corrected chi connectivity index (χ0v) is 27.4. The highest BCUT2D eigenvalue weighted by Crippen LogP contribution is 2.28. The topological polar surface area (TPSA) is 76.0 Å². The third-order valence-electron chi connectivity index (χ3n) is 9.15. The van der Waals surface area contributed by atoms with Gasteiger partial charge in [-0.1, -0.05) is 122 Å². The maximum absolute atomic E-state index is 11.6. The molecule has 5 heteroatoms. The Morgan fingerprint density at radius 3 is 1.79 bits per heavy atom. The van der Waals surface area contributed by atoms with Gasteiger partial charge in [-0.2, -0.15) is 0 Å². The summed E-state index contributed by atoms with van der Waals surface area (Å²) < 4.78 is 11.2. The van der Waals surface area contributed by atoms with Crippen LogP contribution in [0.15, 0.2) is 23.8 Å². The van der Waals surface area contributed by atoms with Crippen LogP contribution in [-0.2, 0) is 14.3 Å². The molecule has 0 unspecified atom stereocenters. The predicted octanol–water partition coefficient (Wildman–Crippen LogP) is 9.68. The number of hydrogen-bond donors (Lipinski definition) is 2. The quantitative estimate of drug-likeness (QED) is 0.0566. The Labute approximate surface area is 258 Å². The summed E-state index contributed by atoms with van der Waals surface area (Å²) in [5.74, 6) is -0.119. The van der Waals surface area contributed by atoms with Crippen molar-refractivity contribution in [3.05, 3.63) is 23.8 Å². The predicted molar refractivity (Wildman–Crippen MR) is 175 cm³/mol. The van der Waals surface area contributed by atoms with E-state index in [1.165, 1.54) is 103 Å². The van der Waals surface area contributed by atoms with Gasteiger partial charge >= 0.3 is 5.97 Å². The molecule has 2 heterocycles. The van der Waals surface area contributed by atoms with Gasteiger partial charge in [0.1, 0.15) is 6.10 Å². The lowest BCUT2D eigenvalue weighted by Gasteiger charge is -2.22. The largest absolute Gasteiger partial charge is 0.455 e. The van der Waals surface area contributed by atoms with E-state index in [1.54, 1.807) is 0 Å². The second-order valence-corrected chi connectivity index (χ2v) is 13.1. The van der Waals surface area contributed by atoms with Gasteiger partial charge in [-0.05, 0) is 70.8 Å². The number of allylic oxidation sites excluding steroid dienone is 2. The van der Waals surface area contributed by atoms with Crippen molar-refractivity contribution >= 4 is 5.97 Å². The summed E-state index contributed by atoms with van der Waals surface area (Å²) in [5.41, 5.74) is 0.868. The van der Waals surface area contributed by atoms with Crippen LogP contribution in [0.1, 0.15) is 174 Å². The third-order valence-corrected chi connectivity index (χ3v) is 9.15. The van der Waals surface area contributed by atoms with Crippen molar-refractivity contribution < 1.29 is 24.5 Å². The minimum Gasteiger partial charge on any atom is -0.455 e. The first kappa shape index (κ1) is 37.0. The summed E-state index contributed by atoms with van der Waals surface area (Å²) in [6.45, 7) is 4.18. The van der Waals surface area contributed by atoms with Gasteiger partial charge in [0.2, 0.25) is 0 Å². The van der Waals surface area contributed by atoms with E-state index in [0.717, 1.165) is 63.4 Å². The first-order valence-corrected chi connectivity index (χ1v) is 18.1. The fourth-order valence-corrected chi connectivity index (χ4v) is 6.42. The Morgan fingerprint density at radius 2 is 1.21 bits per heavy atom. The molecule has 0 bridgehead atoms. The summed E-state index contributed by atoms with van der Waals surface area (Å²) in [6, 6.07) is 0. The van der Waals surface area contributed by atoms with Crippen LogP contribution < -0.4 is 0 Å². The van der Waals surface area contributed by atoms with Crippen molar-refractivity contribution in [2.24, 2.45) is 0 Å². The second kappa shape index (κ2) is 24.2. The molecule has 0 radical (unpaired) electrons. The highest BCUT2D eigenvalue weighted by molar-refractivity contribution is 5.90. The zero-order chi connectivity index (χ0) is 30.3. The minimum absolute atomic E-state index is 0.0464. The highest BCUT2D eigenvalue weighted by Gasteiger charge is 2.33. The van der Waals surface area contributed by atoms with Gasteiger partial charge in [0.25, 0.3) is 0 Å². The Kier molecular flexibility index (Phi) is 21.3. The average Bonchev–Trinajstić information content (AvgIpc) is 3.60. The number of unbranched alkanes of at least 4 members (excludes halogenated alkanes) is 17. The molecule has 1 saturated heterocycles. The summed E-state index contributed by atoms with van der Waals surface area (Å²) in [5, 5.41) is 21.2. The van der Waals surface area contributed by atoms with E-state index in [2.05, 4.69) is 19.1 Å². The van der Waals surface area contributed by atoms with Crippen LogP contribution in [0.4, 0.5) is 0 Å². The molecule has 0 aromatic carbocycles. The number of carbonyl (C=O) groups excluding carboxylic acids is 1. The van der Waals surface area contributed by atoms with Gasteiger partial charge in [0.05, 0.1) is 24.4 Å². The van der Waals surface area contributed by atoms with E-state index in [0.29, 0.717) is 0 Å². The molecule has 2 aliphatic rings. The monoisotopic (exact) mass is 590 g/mol. The number of esters is 1.